The first kappa shape index (κ1) is 8.36. The van der Waals surface area contributed by atoms with Crippen molar-refractivity contribution < 1.29 is 4.74 Å². The average molecular weight is 160 g/mol. The van der Waals surface area contributed by atoms with Crippen molar-refractivity contribution in [3.8, 4) is 12.1 Å². The molecule has 0 atom stereocenters. The lowest BCUT2D eigenvalue weighted by atomic mass is 9.89. The van der Waals surface area contributed by atoms with Crippen molar-refractivity contribution in [2.24, 2.45) is 0 Å². The summed E-state index contributed by atoms with van der Waals surface area (Å²) in [6.07, 6.45) is 2.71. The molecule has 1 fully saturated rings. The van der Waals surface area contributed by atoms with Crippen LogP contribution in [0.4, 0.5) is 0 Å². The topological polar surface area (TPSA) is 56.8 Å². The summed E-state index contributed by atoms with van der Waals surface area (Å²) < 4.78 is 5.25. The van der Waals surface area contributed by atoms with Gasteiger partial charge in [-0.2, -0.15) is 10.5 Å². The minimum Gasteiger partial charge on any atom is -0.482 e. The van der Waals surface area contributed by atoms with Gasteiger partial charge in [-0.3, -0.25) is 0 Å². The van der Waals surface area contributed by atoms with E-state index in [-0.39, 0.29) is 0 Å². The van der Waals surface area contributed by atoms with Gasteiger partial charge in [-0.15, -0.1) is 0 Å². The number of hydrogen-bond acceptors (Lipinski definition) is 3. The summed E-state index contributed by atoms with van der Waals surface area (Å²) in [6.45, 7) is 3.70. The summed E-state index contributed by atoms with van der Waals surface area (Å²) in [5.41, 5.74) is 0.366. The maximum Gasteiger partial charge on any atom is 0.138 e. The predicted molar refractivity (Wildman–Crippen MR) is 42.6 cm³/mol. The molecule has 0 N–H and O–H groups in total. The Morgan fingerprint density at radius 2 is 1.83 bits per heavy atom. The predicted octanol–water partition coefficient (Wildman–Crippen LogP) is 1.65. The van der Waals surface area contributed by atoms with Gasteiger partial charge in [0.1, 0.15) is 11.4 Å². The highest BCUT2D eigenvalue weighted by Crippen LogP contribution is 2.40. The molecule has 0 spiro atoms. The van der Waals surface area contributed by atoms with Crippen molar-refractivity contribution in [3.63, 3.8) is 0 Å². The maximum absolute atomic E-state index is 8.43. The van der Waals surface area contributed by atoms with Crippen LogP contribution < -0.4 is 0 Å². The van der Waals surface area contributed by atoms with E-state index in [1.54, 1.807) is 0 Å². The molecule has 1 saturated heterocycles. The van der Waals surface area contributed by atoms with E-state index < -0.39 is 5.60 Å². The van der Waals surface area contributed by atoms with E-state index in [0.29, 0.717) is 5.76 Å². The van der Waals surface area contributed by atoms with Crippen LogP contribution in [0.15, 0.2) is 23.5 Å². The third kappa shape index (κ3) is 1.17. The fourth-order valence-electron chi connectivity index (χ4n) is 1.11. The van der Waals surface area contributed by atoms with Gasteiger partial charge >= 0.3 is 0 Å². The minimum absolute atomic E-state index is 0.418. The average Bonchev–Trinajstić information content (AvgIpc) is 2.00. The molecular formula is C9H8N2O. The quantitative estimate of drug-likeness (QED) is 0.506. The zero-order valence-corrected chi connectivity index (χ0v) is 6.96. The zero-order valence-electron chi connectivity index (χ0n) is 6.96. The Labute approximate surface area is 71.2 Å². The first-order chi connectivity index (χ1) is 5.61. The third-order valence-electron chi connectivity index (χ3n) is 1.68. The van der Waals surface area contributed by atoms with E-state index >= 15 is 0 Å². The lowest BCUT2D eigenvalue weighted by Crippen LogP contribution is -2.38. The van der Waals surface area contributed by atoms with Crippen LogP contribution in [0, 0.1) is 22.7 Å². The molecule has 3 heteroatoms. The van der Waals surface area contributed by atoms with Crippen molar-refractivity contribution in [1.29, 1.82) is 10.5 Å². The summed E-state index contributed by atoms with van der Waals surface area (Å²) in [5.74, 6) is 0.504. The number of ether oxygens (including phenoxy) is 1. The smallest absolute Gasteiger partial charge is 0.138 e. The van der Waals surface area contributed by atoms with E-state index in [1.165, 1.54) is 12.2 Å². The van der Waals surface area contributed by atoms with Crippen molar-refractivity contribution in [2.45, 2.75) is 19.4 Å². The molecule has 0 radical (unpaired) electrons. The van der Waals surface area contributed by atoms with Crippen LogP contribution in [0.5, 0.6) is 0 Å². The molecule has 0 unspecified atom stereocenters. The van der Waals surface area contributed by atoms with Crippen LogP contribution in [-0.4, -0.2) is 5.60 Å². The van der Waals surface area contributed by atoms with Crippen molar-refractivity contribution in [3.05, 3.63) is 23.5 Å². The molecule has 12 heavy (non-hydrogen) atoms. The molecule has 1 rings (SSSR count). The van der Waals surface area contributed by atoms with Crippen molar-refractivity contribution in [1.82, 2.24) is 0 Å². The molecule has 3 nitrogen and oxygen atoms in total. The molecule has 0 amide bonds. The van der Waals surface area contributed by atoms with Crippen LogP contribution in [0.3, 0.4) is 0 Å². The number of rotatable bonds is 0. The highest BCUT2D eigenvalue weighted by molar-refractivity contribution is 5.46. The zero-order chi connectivity index (χ0) is 9.19. The Morgan fingerprint density at radius 1 is 1.25 bits per heavy atom. The van der Waals surface area contributed by atoms with E-state index in [0.717, 1.165) is 5.57 Å². The molecule has 1 aliphatic rings. The number of nitrogens with zero attached hydrogens (tertiary/aromatic N) is 2. The van der Waals surface area contributed by atoms with Crippen molar-refractivity contribution in [2.75, 3.05) is 0 Å². The number of allylic oxidation sites excluding steroid dienone is 2. The molecule has 0 bridgehead atoms. The molecule has 1 aliphatic heterocycles. The largest absolute Gasteiger partial charge is 0.482 e. The van der Waals surface area contributed by atoms with Gasteiger partial charge < -0.3 is 4.74 Å². The highest BCUT2D eigenvalue weighted by Gasteiger charge is 2.39. The monoisotopic (exact) mass is 160 g/mol. The summed E-state index contributed by atoms with van der Waals surface area (Å²) in [5, 5.41) is 16.8. The van der Waals surface area contributed by atoms with Crippen LogP contribution in [0.2, 0.25) is 0 Å². The van der Waals surface area contributed by atoms with E-state index in [2.05, 4.69) is 0 Å². The first-order valence-electron chi connectivity index (χ1n) is 3.51. The number of hydrogen-bond donors (Lipinski definition) is 0. The van der Waals surface area contributed by atoms with Crippen LogP contribution in [0.1, 0.15) is 13.8 Å². The molecule has 0 aromatic heterocycles. The Bertz CT molecular complexity index is 337. The fraction of sp³-hybridized carbons (Fsp3) is 0.333. The van der Waals surface area contributed by atoms with Gasteiger partial charge in [0.2, 0.25) is 0 Å². The lowest BCUT2D eigenvalue weighted by Gasteiger charge is -2.40. The Hall–Kier alpha value is -1.74. The summed E-state index contributed by atoms with van der Waals surface area (Å²) >= 11 is 0. The molecule has 0 aromatic rings. The second-order valence-electron chi connectivity index (χ2n) is 2.94. The van der Waals surface area contributed by atoms with Crippen LogP contribution in [-0.2, 0) is 4.74 Å². The molecule has 1 heterocycles. The second kappa shape index (κ2) is 2.71. The molecule has 0 aromatic carbocycles. The van der Waals surface area contributed by atoms with Crippen LogP contribution >= 0.6 is 0 Å². The number of nitriles is 2. The Kier molecular flexibility index (Phi) is 1.89. The SMILES string of the molecule is CC1(C)OC(=C\C#N)/C1=C/C#N. The van der Waals surface area contributed by atoms with E-state index in [4.69, 9.17) is 15.3 Å². The van der Waals surface area contributed by atoms with Crippen molar-refractivity contribution >= 4 is 0 Å². The van der Waals surface area contributed by atoms with Crippen LogP contribution in [0.25, 0.3) is 0 Å². The van der Waals surface area contributed by atoms with Gasteiger partial charge in [0.15, 0.2) is 0 Å². The molecule has 0 saturated carbocycles. The van der Waals surface area contributed by atoms with Gasteiger partial charge in [-0.05, 0) is 13.8 Å². The van der Waals surface area contributed by atoms with Gasteiger partial charge in [0.25, 0.3) is 0 Å². The summed E-state index contributed by atoms with van der Waals surface area (Å²) in [6, 6.07) is 3.78. The maximum atomic E-state index is 8.43. The van der Waals surface area contributed by atoms with Gasteiger partial charge in [0, 0.05) is 11.6 Å². The standard InChI is InChI=1S/C9H8N2O/c1-9(2)7(3-5-10)8(12-9)4-6-11/h3-4H,1-2H3/b7-3-,8-4-. The Balaban J connectivity index is 2.96. The second-order valence-corrected chi connectivity index (χ2v) is 2.94. The fourth-order valence-corrected chi connectivity index (χ4v) is 1.11. The third-order valence-corrected chi connectivity index (χ3v) is 1.68. The minimum atomic E-state index is -0.418. The summed E-state index contributed by atoms with van der Waals surface area (Å²) in [7, 11) is 0. The van der Waals surface area contributed by atoms with Gasteiger partial charge in [0.05, 0.1) is 18.2 Å². The molecular weight excluding hydrogens is 152 g/mol. The van der Waals surface area contributed by atoms with Gasteiger partial charge in [-0.1, -0.05) is 0 Å². The Morgan fingerprint density at radius 3 is 2.25 bits per heavy atom. The van der Waals surface area contributed by atoms with Gasteiger partial charge in [-0.25, -0.2) is 0 Å². The van der Waals surface area contributed by atoms with E-state index in [1.807, 2.05) is 26.0 Å². The molecule has 60 valence electrons. The molecule has 0 aliphatic carbocycles. The first-order valence-corrected chi connectivity index (χ1v) is 3.51. The lowest BCUT2D eigenvalue weighted by molar-refractivity contribution is 0.00570. The summed E-state index contributed by atoms with van der Waals surface area (Å²) in [4.78, 5) is 0. The normalized spacial score (nSPS) is 25.3. The van der Waals surface area contributed by atoms with E-state index in [9.17, 15) is 0 Å². The highest BCUT2D eigenvalue weighted by atomic mass is 16.5.